The molecule has 2 aromatic rings. The molecule has 0 bridgehead atoms. The van der Waals surface area contributed by atoms with Crippen molar-refractivity contribution in [1.82, 2.24) is 5.32 Å². The van der Waals surface area contributed by atoms with Gasteiger partial charge in [-0.3, -0.25) is 0 Å². The van der Waals surface area contributed by atoms with Gasteiger partial charge < -0.3 is 19.5 Å². The third kappa shape index (κ3) is 5.67. The average Bonchev–Trinajstić information content (AvgIpc) is 3.17. The maximum Gasteiger partial charge on any atom is 0.162 e. The summed E-state index contributed by atoms with van der Waals surface area (Å²) in [6, 6.07) is 10.5. The average molecular weight is 438 g/mol. The van der Waals surface area contributed by atoms with Crippen molar-refractivity contribution in [2.75, 3.05) is 19.8 Å². The standard InChI is InChI=1S/C21H25BrFNO3/c1-2-25-20-10-16(12-24-13-17-7-5-9-26-17)18(22)11-21(20)27-14-15-6-3-4-8-19(15)23/h3-4,6,8,10-11,17,24H,2,5,7,9,12-14H2,1H3. The summed E-state index contributed by atoms with van der Waals surface area (Å²) in [5.41, 5.74) is 1.59. The topological polar surface area (TPSA) is 39.7 Å². The number of benzene rings is 2. The number of ether oxygens (including phenoxy) is 3. The quantitative estimate of drug-likeness (QED) is 0.609. The second-order valence-corrected chi connectivity index (χ2v) is 7.32. The predicted molar refractivity (Wildman–Crippen MR) is 107 cm³/mol. The van der Waals surface area contributed by atoms with Crippen LogP contribution in [0.5, 0.6) is 11.5 Å². The number of hydrogen-bond donors (Lipinski definition) is 1. The Bertz CT molecular complexity index is 750. The van der Waals surface area contributed by atoms with Gasteiger partial charge in [0.2, 0.25) is 0 Å². The fourth-order valence-corrected chi connectivity index (χ4v) is 3.50. The van der Waals surface area contributed by atoms with Gasteiger partial charge in [0.15, 0.2) is 11.5 Å². The molecule has 0 radical (unpaired) electrons. The highest BCUT2D eigenvalue weighted by Crippen LogP contribution is 2.34. The Balaban J connectivity index is 1.66. The van der Waals surface area contributed by atoms with Crippen molar-refractivity contribution in [3.8, 4) is 11.5 Å². The Morgan fingerprint density at radius 3 is 2.74 bits per heavy atom. The fourth-order valence-electron chi connectivity index (χ4n) is 3.04. The summed E-state index contributed by atoms with van der Waals surface area (Å²) < 4.78 is 32.0. The first kappa shape index (κ1) is 20.1. The summed E-state index contributed by atoms with van der Waals surface area (Å²) in [5.74, 6) is 0.977. The zero-order valence-electron chi connectivity index (χ0n) is 15.5. The SMILES string of the molecule is CCOc1cc(CNCC2CCCO2)c(Br)cc1OCc1ccccc1F. The molecule has 0 aromatic heterocycles. The minimum atomic E-state index is -0.274. The van der Waals surface area contributed by atoms with Crippen LogP contribution in [0.1, 0.15) is 30.9 Å². The summed E-state index contributed by atoms with van der Waals surface area (Å²) in [4.78, 5) is 0. The molecule has 3 rings (SSSR count). The first-order chi connectivity index (χ1) is 13.2. The zero-order chi connectivity index (χ0) is 19.1. The van der Waals surface area contributed by atoms with E-state index < -0.39 is 0 Å². The molecular formula is C21H25BrFNO3. The van der Waals surface area contributed by atoms with Crippen LogP contribution in [0.2, 0.25) is 0 Å². The largest absolute Gasteiger partial charge is 0.490 e. The van der Waals surface area contributed by atoms with Crippen molar-refractivity contribution in [2.45, 2.75) is 39.0 Å². The molecule has 2 aromatic carbocycles. The van der Waals surface area contributed by atoms with Crippen molar-refractivity contribution in [2.24, 2.45) is 0 Å². The normalized spacial score (nSPS) is 16.5. The third-order valence-corrected chi connectivity index (χ3v) is 5.20. The molecule has 1 aliphatic rings. The van der Waals surface area contributed by atoms with Crippen molar-refractivity contribution in [3.63, 3.8) is 0 Å². The van der Waals surface area contributed by atoms with Crippen LogP contribution < -0.4 is 14.8 Å². The van der Waals surface area contributed by atoms with Crippen LogP contribution >= 0.6 is 15.9 Å². The summed E-state index contributed by atoms with van der Waals surface area (Å²) in [5, 5.41) is 3.44. The van der Waals surface area contributed by atoms with Crippen LogP contribution in [0, 0.1) is 5.82 Å². The summed E-state index contributed by atoms with van der Waals surface area (Å²) >= 11 is 3.61. The number of halogens is 2. The molecule has 1 unspecified atom stereocenters. The Kier molecular flexibility index (Phi) is 7.50. The van der Waals surface area contributed by atoms with E-state index in [-0.39, 0.29) is 12.4 Å². The molecule has 1 aliphatic heterocycles. The first-order valence-corrected chi connectivity index (χ1v) is 10.1. The molecule has 0 saturated carbocycles. The van der Waals surface area contributed by atoms with Gasteiger partial charge in [0.25, 0.3) is 0 Å². The van der Waals surface area contributed by atoms with Crippen molar-refractivity contribution >= 4 is 15.9 Å². The smallest absolute Gasteiger partial charge is 0.162 e. The van der Waals surface area contributed by atoms with Crippen LogP contribution in [0.25, 0.3) is 0 Å². The van der Waals surface area contributed by atoms with E-state index in [0.29, 0.717) is 36.3 Å². The lowest BCUT2D eigenvalue weighted by Gasteiger charge is -2.16. The Labute approximate surface area is 168 Å². The van der Waals surface area contributed by atoms with Crippen LogP contribution in [0.4, 0.5) is 4.39 Å². The number of hydrogen-bond acceptors (Lipinski definition) is 4. The number of nitrogens with one attached hydrogen (secondary N) is 1. The van der Waals surface area contributed by atoms with Crippen LogP contribution in [0.3, 0.4) is 0 Å². The molecule has 0 amide bonds. The first-order valence-electron chi connectivity index (χ1n) is 9.31. The van der Waals surface area contributed by atoms with E-state index >= 15 is 0 Å². The van der Waals surface area contributed by atoms with Gasteiger partial charge in [-0.2, -0.15) is 0 Å². The zero-order valence-corrected chi connectivity index (χ0v) is 17.1. The van der Waals surface area contributed by atoms with E-state index in [1.165, 1.54) is 6.07 Å². The lowest BCUT2D eigenvalue weighted by Crippen LogP contribution is -2.25. The second kappa shape index (κ2) is 10.1. The van der Waals surface area contributed by atoms with Crippen LogP contribution in [-0.4, -0.2) is 25.9 Å². The third-order valence-electron chi connectivity index (χ3n) is 4.47. The molecule has 1 heterocycles. The van der Waals surface area contributed by atoms with Gasteiger partial charge >= 0.3 is 0 Å². The maximum absolute atomic E-state index is 13.8. The molecule has 0 aliphatic carbocycles. The molecule has 1 saturated heterocycles. The van der Waals surface area contributed by atoms with E-state index in [4.69, 9.17) is 14.2 Å². The molecule has 27 heavy (non-hydrogen) atoms. The second-order valence-electron chi connectivity index (χ2n) is 6.47. The molecule has 1 fully saturated rings. The van der Waals surface area contributed by atoms with Crippen LogP contribution in [0.15, 0.2) is 40.9 Å². The lowest BCUT2D eigenvalue weighted by atomic mass is 10.2. The minimum absolute atomic E-state index is 0.149. The summed E-state index contributed by atoms with van der Waals surface area (Å²) in [7, 11) is 0. The Hall–Kier alpha value is -1.63. The van der Waals surface area contributed by atoms with Gasteiger partial charge in [0, 0.05) is 29.7 Å². The summed E-state index contributed by atoms with van der Waals surface area (Å²) in [6.07, 6.45) is 2.55. The van der Waals surface area contributed by atoms with Crippen molar-refractivity contribution in [1.29, 1.82) is 0 Å². The fraction of sp³-hybridized carbons (Fsp3) is 0.429. The van der Waals surface area contributed by atoms with Gasteiger partial charge in [0.05, 0.1) is 12.7 Å². The Morgan fingerprint density at radius 1 is 1.19 bits per heavy atom. The highest BCUT2D eigenvalue weighted by Gasteiger charge is 2.16. The molecule has 146 valence electrons. The van der Waals surface area contributed by atoms with E-state index in [1.54, 1.807) is 18.2 Å². The van der Waals surface area contributed by atoms with Crippen molar-refractivity contribution < 1.29 is 18.6 Å². The molecule has 1 atom stereocenters. The highest BCUT2D eigenvalue weighted by molar-refractivity contribution is 9.10. The molecule has 6 heteroatoms. The van der Waals surface area contributed by atoms with Gasteiger partial charge in [-0.25, -0.2) is 4.39 Å². The highest BCUT2D eigenvalue weighted by atomic mass is 79.9. The Morgan fingerprint density at radius 2 is 2.00 bits per heavy atom. The van der Waals surface area contributed by atoms with E-state index in [0.717, 1.165) is 36.0 Å². The van der Waals surface area contributed by atoms with Gasteiger partial charge in [-0.1, -0.05) is 34.1 Å². The van der Waals surface area contributed by atoms with E-state index in [9.17, 15) is 4.39 Å². The van der Waals surface area contributed by atoms with E-state index in [2.05, 4.69) is 21.2 Å². The minimum Gasteiger partial charge on any atom is -0.490 e. The van der Waals surface area contributed by atoms with Gasteiger partial charge in [-0.05, 0) is 43.5 Å². The van der Waals surface area contributed by atoms with Crippen molar-refractivity contribution in [3.05, 3.63) is 57.8 Å². The summed E-state index contributed by atoms with van der Waals surface area (Å²) in [6.45, 7) is 5.00. The molecular weight excluding hydrogens is 413 g/mol. The molecule has 1 N–H and O–H groups in total. The van der Waals surface area contributed by atoms with E-state index in [1.807, 2.05) is 19.1 Å². The predicted octanol–water partition coefficient (Wildman–Crippen LogP) is 4.83. The number of rotatable bonds is 9. The lowest BCUT2D eigenvalue weighted by molar-refractivity contribution is 0.110. The molecule has 0 spiro atoms. The monoisotopic (exact) mass is 437 g/mol. The maximum atomic E-state index is 13.8. The van der Waals surface area contributed by atoms with Gasteiger partial charge in [0.1, 0.15) is 12.4 Å². The van der Waals surface area contributed by atoms with Gasteiger partial charge in [-0.15, -0.1) is 0 Å². The van der Waals surface area contributed by atoms with Crippen LogP contribution in [-0.2, 0) is 17.9 Å². The molecule has 4 nitrogen and oxygen atoms in total.